The molecular formula is C10H15IN2O2S. The zero-order chi connectivity index (χ0) is 12.3. The normalized spacial score (nSPS) is 12.1. The van der Waals surface area contributed by atoms with Gasteiger partial charge in [-0.15, -0.1) is 0 Å². The Kier molecular flexibility index (Phi) is 4.57. The zero-order valence-corrected chi connectivity index (χ0v) is 12.4. The van der Waals surface area contributed by atoms with Gasteiger partial charge in [-0.3, -0.25) is 4.72 Å². The predicted octanol–water partition coefficient (Wildman–Crippen LogP) is 2.29. The lowest BCUT2D eigenvalue weighted by molar-refractivity contribution is 0.414. The van der Waals surface area contributed by atoms with Crippen LogP contribution in [0.25, 0.3) is 0 Å². The summed E-state index contributed by atoms with van der Waals surface area (Å²) in [5, 5.41) is 0. The van der Waals surface area contributed by atoms with E-state index in [1.807, 2.05) is 26.0 Å². The van der Waals surface area contributed by atoms with Crippen molar-refractivity contribution in [3.63, 3.8) is 0 Å². The number of nitrogens with zero attached hydrogens (tertiary/aromatic N) is 1. The molecule has 0 atom stereocenters. The van der Waals surface area contributed by atoms with E-state index in [1.54, 1.807) is 19.2 Å². The molecule has 1 rings (SSSR count). The Labute approximate surface area is 110 Å². The van der Waals surface area contributed by atoms with Gasteiger partial charge < -0.3 is 0 Å². The molecule has 6 heteroatoms. The van der Waals surface area contributed by atoms with Gasteiger partial charge in [0.15, 0.2) is 0 Å². The minimum atomic E-state index is -3.44. The van der Waals surface area contributed by atoms with Crippen molar-refractivity contribution >= 4 is 38.5 Å². The molecule has 0 spiro atoms. The first-order valence-corrected chi connectivity index (χ1v) is 7.36. The third kappa shape index (κ3) is 3.60. The van der Waals surface area contributed by atoms with Crippen LogP contribution in [0.1, 0.15) is 13.8 Å². The molecule has 16 heavy (non-hydrogen) atoms. The Hall–Kier alpha value is -0.340. The topological polar surface area (TPSA) is 49.4 Å². The second-order valence-electron chi connectivity index (χ2n) is 3.72. The van der Waals surface area contributed by atoms with E-state index >= 15 is 0 Å². The van der Waals surface area contributed by atoms with E-state index in [0.29, 0.717) is 5.69 Å². The standard InChI is InChI=1S/C10H15IN2O2S/c1-8(2)13(3)16(14,15)12-10-6-4-9(11)5-7-10/h4-8,12H,1-3H3. The number of benzene rings is 1. The number of nitrogens with one attached hydrogen (secondary N) is 1. The first-order valence-electron chi connectivity index (χ1n) is 4.84. The van der Waals surface area contributed by atoms with Gasteiger partial charge in [0.25, 0.3) is 0 Å². The molecule has 0 aromatic heterocycles. The molecule has 0 saturated carbocycles. The maximum Gasteiger partial charge on any atom is 0.301 e. The van der Waals surface area contributed by atoms with E-state index in [1.165, 1.54) is 4.31 Å². The Bertz CT molecular complexity index is 442. The van der Waals surface area contributed by atoms with Crippen LogP contribution >= 0.6 is 22.6 Å². The summed E-state index contributed by atoms with van der Waals surface area (Å²) in [7, 11) is -1.89. The summed E-state index contributed by atoms with van der Waals surface area (Å²) in [5.41, 5.74) is 0.577. The fraction of sp³-hybridized carbons (Fsp3) is 0.400. The van der Waals surface area contributed by atoms with Crippen LogP contribution in [-0.2, 0) is 10.2 Å². The molecule has 1 aromatic carbocycles. The third-order valence-corrected chi connectivity index (χ3v) is 4.59. The number of halogens is 1. The Balaban J connectivity index is 2.85. The Morgan fingerprint density at radius 2 is 1.75 bits per heavy atom. The fourth-order valence-corrected chi connectivity index (χ4v) is 2.51. The van der Waals surface area contributed by atoms with Crippen LogP contribution in [0.2, 0.25) is 0 Å². The van der Waals surface area contributed by atoms with Crippen LogP contribution in [-0.4, -0.2) is 25.8 Å². The number of hydrogen-bond donors (Lipinski definition) is 1. The van der Waals surface area contributed by atoms with Gasteiger partial charge in [0.1, 0.15) is 0 Å². The molecule has 0 radical (unpaired) electrons. The summed E-state index contributed by atoms with van der Waals surface area (Å²) in [6.07, 6.45) is 0. The Morgan fingerprint density at radius 3 is 2.19 bits per heavy atom. The smallest absolute Gasteiger partial charge is 0.271 e. The van der Waals surface area contributed by atoms with Crippen LogP contribution < -0.4 is 4.72 Å². The van der Waals surface area contributed by atoms with E-state index in [-0.39, 0.29) is 6.04 Å². The van der Waals surface area contributed by atoms with E-state index in [4.69, 9.17) is 0 Å². The van der Waals surface area contributed by atoms with Crippen LogP contribution in [0.5, 0.6) is 0 Å². The van der Waals surface area contributed by atoms with E-state index in [0.717, 1.165) is 3.57 Å². The zero-order valence-electron chi connectivity index (χ0n) is 9.44. The first-order chi connectivity index (χ1) is 7.33. The molecule has 1 aromatic rings. The van der Waals surface area contributed by atoms with Crippen molar-refractivity contribution in [2.45, 2.75) is 19.9 Å². The van der Waals surface area contributed by atoms with Crippen molar-refractivity contribution in [2.75, 3.05) is 11.8 Å². The van der Waals surface area contributed by atoms with Crippen LogP contribution in [0.15, 0.2) is 24.3 Å². The molecule has 0 heterocycles. The van der Waals surface area contributed by atoms with Gasteiger partial charge >= 0.3 is 10.2 Å². The minimum Gasteiger partial charge on any atom is -0.271 e. The van der Waals surface area contributed by atoms with Crippen molar-refractivity contribution in [1.29, 1.82) is 0 Å². The molecule has 90 valence electrons. The van der Waals surface area contributed by atoms with Gasteiger partial charge in [0.05, 0.1) is 0 Å². The highest BCUT2D eigenvalue weighted by Crippen LogP contribution is 2.14. The van der Waals surface area contributed by atoms with Crippen molar-refractivity contribution in [3.8, 4) is 0 Å². The fourth-order valence-electron chi connectivity index (χ4n) is 1.02. The first kappa shape index (κ1) is 13.7. The summed E-state index contributed by atoms with van der Waals surface area (Å²) in [4.78, 5) is 0. The third-order valence-electron chi connectivity index (χ3n) is 2.20. The molecule has 0 aliphatic heterocycles. The maximum atomic E-state index is 11.8. The SMILES string of the molecule is CC(C)N(C)S(=O)(=O)Nc1ccc(I)cc1. The van der Waals surface area contributed by atoms with Crippen LogP contribution in [0.4, 0.5) is 5.69 Å². The largest absolute Gasteiger partial charge is 0.301 e. The predicted molar refractivity (Wildman–Crippen MR) is 74.6 cm³/mol. The average Bonchev–Trinajstić information content (AvgIpc) is 2.20. The minimum absolute atomic E-state index is 0.0682. The van der Waals surface area contributed by atoms with E-state index < -0.39 is 10.2 Å². The number of anilines is 1. The summed E-state index contributed by atoms with van der Waals surface area (Å²) in [6, 6.07) is 7.13. The lowest BCUT2D eigenvalue weighted by Crippen LogP contribution is -2.37. The number of hydrogen-bond acceptors (Lipinski definition) is 2. The molecule has 0 fully saturated rings. The van der Waals surface area contributed by atoms with Gasteiger partial charge in [0, 0.05) is 22.3 Å². The molecule has 0 bridgehead atoms. The summed E-state index contributed by atoms with van der Waals surface area (Å²) in [5.74, 6) is 0. The highest BCUT2D eigenvalue weighted by atomic mass is 127. The van der Waals surface area contributed by atoms with Gasteiger partial charge in [-0.25, -0.2) is 0 Å². The monoisotopic (exact) mass is 354 g/mol. The molecule has 4 nitrogen and oxygen atoms in total. The van der Waals surface area contributed by atoms with Gasteiger partial charge in [0.2, 0.25) is 0 Å². The molecule has 0 aliphatic rings. The van der Waals surface area contributed by atoms with Crippen LogP contribution in [0, 0.1) is 3.57 Å². The quantitative estimate of drug-likeness (QED) is 0.844. The lowest BCUT2D eigenvalue weighted by atomic mass is 10.3. The highest BCUT2D eigenvalue weighted by Gasteiger charge is 2.19. The van der Waals surface area contributed by atoms with Gasteiger partial charge in [-0.1, -0.05) is 0 Å². The second-order valence-corrected chi connectivity index (χ2v) is 6.70. The molecule has 0 amide bonds. The van der Waals surface area contributed by atoms with E-state index in [2.05, 4.69) is 27.3 Å². The highest BCUT2D eigenvalue weighted by molar-refractivity contribution is 14.1. The average molecular weight is 354 g/mol. The van der Waals surface area contributed by atoms with Gasteiger partial charge in [-0.2, -0.15) is 12.7 Å². The second kappa shape index (κ2) is 5.33. The number of rotatable bonds is 4. The van der Waals surface area contributed by atoms with Crippen molar-refractivity contribution in [2.24, 2.45) is 0 Å². The molecule has 1 N–H and O–H groups in total. The summed E-state index contributed by atoms with van der Waals surface area (Å²) < 4.78 is 28.6. The van der Waals surface area contributed by atoms with Crippen molar-refractivity contribution < 1.29 is 8.42 Å². The molecule has 0 unspecified atom stereocenters. The maximum absolute atomic E-state index is 11.8. The molecule has 0 aliphatic carbocycles. The van der Waals surface area contributed by atoms with Crippen molar-refractivity contribution in [3.05, 3.63) is 27.8 Å². The van der Waals surface area contributed by atoms with Gasteiger partial charge in [-0.05, 0) is 60.7 Å². The van der Waals surface area contributed by atoms with Crippen molar-refractivity contribution in [1.82, 2.24) is 4.31 Å². The van der Waals surface area contributed by atoms with Crippen LogP contribution in [0.3, 0.4) is 0 Å². The molecular weight excluding hydrogens is 339 g/mol. The lowest BCUT2D eigenvalue weighted by Gasteiger charge is -2.21. The summed E-state index contributed by atoms with van der Waals surface area (Å²) >= 11 is 2.17. The molecule has 0 saturated heterocycles. The summed E-state index contributed by atoms with van der Waals surface area (Å²) in [6.45, 7) is 3.65. The van der Waals surface area contributed by atoms with E-state index in [9.17, 15) is 8.42 Å². The Morgan fingerprint density at radius 1 is 1.25 bits per heavy atom.